The predicted molar refractivity (Wildman–Crippen MR) is 65.9 cm³/mol. The molecule has 94 valence electrons. The molecule has 0 atom stereocenters. The fourth-order valence-electron chi connectivity index (χ4n) is 2.76. The third kappa shape index (κ3) is 2.64. The molecule has 3 nitrogen and oxygen atoms in total. The number of aromatic nitrogens is 1. The van der Waals surface area contributed by atoms with Crippen LogP contribution in [0.1, 0.15) is 31.2 Å². The molecule has 2 rings (SSSR count). The average molecular weight is 237 g/mol. The molecule has 0 amide bonds. The number of hydrogen-bond donors (Lipinski definition) is 1. The van der Waals surface area contributed by atoms with Crippen LogP contribution in [0.15, 0.2) is 18.5 Å². The van der Waals surface area contributed by atoms with Crippen molar-refractivity contribution in [2.75, 3.05) is 13.6 Å². The molecule has 1 aliphatic carbocycles. The van der Waals surface area contributed by atoms with E-state index in [-0.39, 0.29) is 11.4 Å². The molecule has 1 fully saturated rings. The second-order valence-electron chi connectivity index (χ2n) is 5.00. The Morgan fingerprint density at radius 2 is 2.12 bits per heavy atom. The average Bonchev–Trinajstić information content (AvgIpc) is 2.78. The van der Waals surface area contributed by atoms with E-state index < -0.39 is 0 Å². The SMILES string of the molecule is CN(Cc1cncc(F)c1)C1(CN)CCCC1. The largest absolute Gasteiger partial charge is 0.329 e. The van der Waals surface area contributed by atoms with Crippen molar-refractivity contribution < 1.29 is 4.39 Å². The summed E-state index contributed by atoms with van der Waals surface area (Å²) in [6.07, 6.45) is 7.72. The smallest absolute Gasteiger partial charge is 0.141 e. The van der Waals surface area contributed by atoms with E-state index >= 15 is 0 Å². The van der Waals surface area contributed by atoms with Crippen molar-refractivity contribution in [2.24, 2.45) is 5.73 Å². The van der Waals surface area contributed by atoms with Gasteiger partial charge in [0.25, 0.3) is 0 Å². The summed E-state index contributed by atoms with van der Waals surface area (Å²) in [7, 11) is 2.07. The van der Waals surface area contributed by atoms with Crippen LogP contribution in [-0.2, 0) is 6.54 Å². The monoisotopic (exact) mass is 237 g/mol. The first-order valence-electron chi connectivity index (χ1n) is 6.17. The lowest BCUT2D eigenvalue weighted by molar-refractivity contribution is 0.123. The van der Waals surface area contributed by atoms with E-state index in [0.717, 1.165) is 18.4 Å². The number of halogens is 1. The van der Waals surface area contributed by atoms with Gasteiger partial charge in [0.15, 0.2) is 0 Å². The Hall–Kier alpha value is -1.00. The highest BCUT2D eigenvalue weighted by atomic mass is 19.1. The molecule has 0 bridgehead atoms. The number of likely N-dealkylation sites (N-methyl/N-ethyl adjacent to an activating group) is 1. The van der Waals surface area contributed by atoms with Gasteiger partial charge < -0.3 is 5.73 Å². The molecule has 0 spiro atoms. The molecule has 0 radical (unpaired) electrons. The zero-order valence-electron chi connectivity index (χ0n) is 10.3. The van der Waals surface area contributed by atoms with Crippen molar-refractivity contribution in [1.82, 2.24) is 9.88 Å². The Bertz CT molecular complexity index is 375. The molecule has 1 aromatic rings. The first-order valence-corrected chi connectivity index (χ1v) is 6.17. The molecule has 0 aliphatic heterocycles. The van der Waals surface area contributed by atoms with E-state index in [0.29, 0.717) is 13.1 Å². The van der Waals surface area contributed by atoms with Gasteiger partial charge in [-0.1, -0.05) is 12.8 Å². The Morgan fingerprint density at radius 3 is 2.71 bits per heavy atom. The molecule has 0 unspecified atom stereocenters. The van der Waals surface area contributed by atoms with Crippen molar-refractivity contribution in [3.05, 3.63) is 29.8 Å². The summed E-state index contributed by atoms with van der Waals surface area (Å²) in [5, 5.41) is 0. The Labute approximate surface area is 102 Å². The molecule has 1 aromatic heterocycles. The van der Waals surface area contributed by atoms with E-state index in [4.69, 9.17) is 5.73 Å². The van der Waals surface area contributed by atoms with Crippen LogP contribution < -0.4 is 5.73 Å². The van der Waals surface area contributed by atoms with Gasteiger partial charge in [-0.3, -0.25) is 9.88 Å². The van der Waals surface area contributed by atoms with Crippen LogP contribution in [0.4, 0.5) is 4.39 Å². The van der Waals surface area contributed by atoms with Crippen molar-refractivity contribution >= 4 is 0 Å². The molecule has 0 aromatic carbocycles. The number of nitrogens with zero attached hydrogens (tertiary/aromatic N) is 2. The summed E-state index contributed by atoms with van der Waals surface area (Å²) < 4.78 is 13.1. The second kappa shape index (κ2) is 5.10. The molecule has 0 saturated heterocycles. The predicted octanol–water partition coefficient (Wildman–Crippen LogP) is 1.92. The van der Waals surface area contributed by atoms with E-state index in [1.54, 1.807) is 12.3 Å². The molecular formula is C13H20FN3. The minimum atomic E-state index is -0.274. The molecule has 1 aliphatic rings. The lowest BCUT2D eigenvalue weighted by atomic mass is 9.95. The number of hydrogen-bond acceptors (Lipinski definition) is 3. The van der Waals surface area contributed by atoms with Crippen molar-refractivity contribution in [2.45, 2.75) is 37.8 Å². The number of rotatable bonds is 4. The van der Waals surface area contributed by atoms with Gasteiger partial charge >= 0.3 is 0 Å². The second-order valence-corrected chi connectivity index (χ2v) is 5.00. The van der Waals surface area contributed by atoms with E-state index in [9.17, 15) is 4.39 Å². The fourth-order valence-corrected chi connectivity index (χ4v) is 2.76. The lowest BCUT2D eigenvalue weighted by Crippen LogP contribution is -2.49. The molecule has 17 heavy (non-hydrogen) atoms. The van der Waals surface area contributed by atoms with Crippen LogP contribution >= 0.6 is 0 Å². The van der Waals surface area contributed by atoms with Crippen LogP contribution in [0.2, 0.25) is 0 Å². The zero-order valence-corrected chi connectivity index (χ0v) is 10.3. The highest BCUT2D eigenvalue weighted by Crippen LogP contribution is 2.34. The van der Waals surface area contributed by atoms with Gasteiger partial charge in [0.05, 0.1) is 6.20 Å². The molecule has 2 N–H and O–H groups in total. The van der Waals surface area contributed by atoms with Crippen LogP contribution in [0.3, 0.4) is 0 Å². The number of pyridine rings is 1. The van der Waals surface area contributed by atoms with Gasteiger partial charge in [-0.25, -0.2) is 4.39 Å². The highest BCUT2D eigenvalue weighted by molar-refractivity contribution is 5.11. The maximum atomic E-state index is 13.1. The van der Waals surface area contributed by atoms with Crippen LogP contribution in [0.25, 0.3) is 0 Å². The molecular weight excluding hydrogens is 217 g/mol. The summed E-state index contributed by atoms with van der Waals surface area (Å²) in [5.74, 6) is -0.274. The van der Waals surface area contributed by atoms with Crippen molar-refractivity contribution in [1.29, 1.82) is 0 Å². The standard InChI is InChI=1S/C13H20FN3/c1-17(13(10-15)4-2-3-5-13)9-11-6-12(14)8-16-7-11/h6-8H,2-5,9-10,15H2,1H3. The van der Waals surface area contributed by atoms with Crippen LogP contribution in [-0.4, -0.2) is 29.0 Å². The Morgan fingerprint density at radius 1 is 1.41 bits per heavy atom. The molecule has 1 heterocycles. The first-order chi connectivity index (χ1) is 8.16. The molecule has 4 heteroatoms. The fraction of sp³-hybridized carbons (Fsp3) is 0.615. The quantitative estimate of drug-likeness (QED) is 0.870. The van der Waals surface area contributed by atoms with E-state index in [1.165, 1.54) is 19.0 Å². The van der Waals surface area contributed by atoms with Gasteiger partial charge in [0.1, 0.15) is 5.82 Å². The summed E-state index contributed by atoms with van der Waals surface area (Å²) >= 11 is 0. The van der Waals surface area contributed by atoms with Crippen LogP contribution in [0.5, 0.6) is 0 Å². The minimum absolute atomic E-state index is 0.103. The lowest BCUT2D eigenvalue weighted by Gasteiger charge is -2.38. The topological polar surface area (TPSA) is 42.2 Å². The van der Waals surface area contributed by atoms with E-state index in [2.05, 4.69) is 16.9 Å². The Kier molecular flexibility index (Phi) is 3.74. The zero-order chi connectivity index (χ0) is 12.3. The van der Waals surface area contributed by atoms with Gasteiger partial charge in [0.2, 0.25) is 0 Å². The summed E-state index contributed by atoms with van der Waals surface area (Å²) in [5.41, 5.74) is 6.93. The van der Waals surface area contributed by atoms with E-state index in [1.807, 2.05) is 0 Å². The third-order valence-electron chi connectivity index (χ3n) is 3.91. The summed E-state index contributed by atoms with van der Waals surface area (Å²) in [6.45, 7) is 1.38. The number of nitrogens with two attached hydrogens (primary N) is 1. The van der Waals surface area contributed by atoms with Gasteiger partial charge in [-0.15, -0.1) is 0 Å². The van der Waals surface area contributed by atoms with Crippen molar-refractivity contribution in [3.8, 4) is 0 Å². The third-order valence-corrected chi connectivity index (χ3v) is 3.91. The normalized spacial score (nSPS) is 18.8. The van der Waals surface area contributed by atoms with Crippen molar-refractivity contribution in [3.63, 3.8) is 0 Å². The van der Waals surface area contributed by atoms with Gasteiger partial charge in [0, 0.05) is 24.8 Å². The maximum absolute atomic E-state index is 13.1. The first kappa shape index (κ1) is 12.5. The van der Waals surface area contributed by atoms with Crippen LogP contribution in [0, 0.1) is 5.82 Å². The Balaban J connectivity index is 2.07. The molecule has 1 saturated carbocycles. The van der Waals surface area contributed by atoms with Gasteiger partial charge in [-0.05, 0) is 31.5 Å². The summed E-state index contributed by atoms with van der Waals surface area (Å²) in [4.78, 5) is 6.14. The minimum Gasteiger partial charge on any atom is -0.329 e. The maximum Gasteiger partial charge on any atom is 0.141 e. The van der Waals surface area contributed by atoms with Gasteiger partial charge in [-0.2, -0.15) is 0 Å². The summed E-state index contributed by atoms with van der Waals surface area (Å²) in [6, 6.07) is 1.54. The highest BCUT2D eigenvalue weighted by Gasteiger charge is 2.36.